The summed E-state index contributed by atoms with van der Waals surface area (Å²) < 4.78 is 4.86. The molecule has 21 heavy (non-hydrogen) atoms. The number of benzene rings is 2. The molecule has 0 saturated carbocycles. The zero-order chi connectivity index (χ0) is 15.2. The van der Waals surface area contributed by atoms with Crippen LogP contribution in [0.2, 0.25) is 0 Å². The standard InChI is InChI=1S/C16H15NO4/c1-11-5-4-6-12(9-11)17-15(19)10-21-16(20)13-7-2-3-8-14(13)18/h2-9,18H,10H2,1H3,(H,17,19). The third kappa shape index (κ3) is 4.07. The Morgan fingerprint density at radius 3 is 2.62 bits per heavy atom. The maximum absolute atomic E-state index is 11.7. The zero-order valence-electron chi connectivity index (χ0n) is 11.5. The molecule has 0 aliphatic heterocycles. The SMILES string of the molecule is Cc1cccc(NC(=O)COC(=O)c2ccccc2O)c1. The first-order valence-electron chi connectivity index (χ1n) is 6.38. The first kappa shape index (κ1) is 14.6. The first-order valence-corrected chi connectivity index (χ1v) is 6.38. The molecule has 5 nitrogen and oxygen atoms in total. The number of aromatic hydroxyl groups is 1. The number of carbonyl (C=O) groups excluding carboxylic acids is 2. The van der Waals surface area contributed by atoms with E-state index in [1.807, 2.05) is 25.1 Å². The summed E-state index contributed by atoms with van der Waals surface area (Å²) in [6.07, 6.45) is 0. The normalized spacial score (nSPS) is 9.95. The van der Waals surface area contributed by atoms with Gasteiger partial charge in [-0.25, -0.2) is 4.79 Å². The van der Waals surface area contributed by atoms with Crippen LogP contribution in [-0.2, 0) is 9.53 Å². The number of aryl methyl sites for hydroxylation is 1. The lowest BCUT2D eigenvalue weighted by molar-refractivity contribution is -0.119. The third-order valence-electron chi connectivity index (χ3n) is 2.76. The lowest BCUT2D eigenvalue weighted by Gasteiger charge is -2.07. The summed E-state index contributed by atoms with van der Waals surface area (Å²) in [6, 6.07) is 13.3. The predicted molar refractivity (Wildman–Crippen MR) is 78.2 cm³/mol. The molecule has 0 atom stereocenters. The van der Waals surface area contributed by atoms with Gasteiger partial charge in [0.15, 0.2) is 6.61 Å². The Balaban J connectivity index is 1.90. The van der Waals surface area contributed by atoms with Gasteiger partial charge in [0.05, 0.1) is 0 Å². The second-order valence-corrected chi connectivity index (χ2v) is 4.51. The van der Waals surface area contributed by atoms with E-state index in [1.54, 1.807) is 18.2 Å². The molecule has 108 valence electrons. The molecule has 2 aromatic carbocycles. The van der Waals surface area contributed by atoms with E-state index in [0.717, 1.165) is 5.56 Å². The number of rotatable bonds is 4. The van der Waals surface area contributed by atoms with Gasteiger partial charge in [0.25, 0.3) is 5.91 Å². The van der Waals surface area contributed by atoms with Gasteiger partial charge in [-0.1, -0.05) is 24.3 Å². The Morgan fingerprint density at radius 2 is 1.90 bits per heavy atom. The number of phenolic OH excluding ortho intramolecular Hbond substituents is 1. The molecule has 0 saturated heterocycles. The fourth-order valence-electron chi connectivity index (χ4n) is 1.77. The smallest absolute Gasteiger partial charge is 0.342 e. The van der Waals surface area contributed by atoms with E-state index in [9.17, 15) is 14.7 Å². The summed E-state index contributed by atoms with van der Waals surface area (Å²) >= 11 is 0. The van der Waals surface area contributed by atoms with Gasteiger partial charge in [0, 0.05) is 5.69 Å². The average Bonchev–Trinajstić information content (AvgIpc) is 2.45. The monoisotopic (exact) mass is 285 g/mol. The molecular formula is C16H15NO4. The number of para-hydroxylation sites is 1. The largest absolute Gasteiger partial charge is 0.507 e. The van der Waals surface area contributed by atoms with Crippen molar-refractivity contribution in [2.24, 2.45) is 0 Å². The van der Waals surface area contributed by atoms with Crippen molar-refractivity contribution >= 4 is 17.6 Å². The fourth-order valence-corrected chi connectivity index (χ4v) is 1.77. The molecular weight excluding hydrogens is 270 g/mol. The molecule has 0 aliphatic rings. The van der Waals surface area contributed by atoms with E-state index in [4.69, 9.17) is 4.74 Å². The Bertz CT molecular complexity index is 667. The van der Waals surface area contributed by atoms with Crippen molar-refractivity contribution in [3.05, 3.63) is 59.7 Å². The van der Waals surface area contributed by atoms with Gasteiger partial charge in [-0.2, -0.15) is 0 Å². The number of esters is 1. The number of nitrogens with one attached hydrogen (secondary N) is 1. The number of phenols is 1. The third-order valence-corrected chi connectivity index (χ3v) is 2.76. The average molecular weight is 285 g/mol. The van der Waals surface area contributed by atoms with Crippen LogP contribution in [0.25, 0.3) is 0 Å². The summed E-state index contributed by atoms with van der Waals surface area (Å²) in [6.45, 7) is 1.50. The van der Waals surface area contributed by atoms with E-state index in [0.29, 0.717) is 5.69 Å². The molecule has 5 heteroatoms. The summed E-state index contributed by atoms with van der Waals surface area (Å²) in [5.74, 6) is -1.36. The van der Waals surface area contributed by atoms with Crippen LogP contribution in [0.4, 0.5) is 5.69 Å². The van der Waals surface area contributed by atoms with Crippen molar-refractivity contribution in [3.8, 4) is 5.75 Å². The molecule has 2 rings (SSSR count). The van der Waals surface area contributed by atoms with Crippen LogP contribution in [0, 0.1) is 6.92 Å². The minimum atomic E-state index is -0.743. The highest BCUT2D eigenvalue weighted by atomic mass is 16.5. The van der Waals surface area contributed by atoms with Gasteiger partial charge in [0.2, 0.25) is 0 Å². The van der Waals surface area contributed by atoms with Gasteiger partial charge in [-0.3, -0.25) is 4.79 Å². The molecule has 0 aliphatic carbocycles. The van der Waals surface area contributed by atoms with E-state index < -0.39 is 18.5 Å². The van der Waals surface area contributed by atoms with Crippen molar-refractivity contribution in [1.82, 2.24) is 0 Å². The van der Waals surface area contributed by atoms with Crippen LogP contribution in [0.1, 0.15) is 15.9 Å². The van der Waals surface area contributed by atoms with E-state index in [1.165, 1.54) is 12.1 Å². The highest BCUT2D eigenvalue weighted by molar-refractivity contribution is 5.96. The number of anilines is 1. The van der Waals surface area contributed by atoms with E-state index >= 15 is 0 Å². The zero-order valence-corrected chi connectivity index (χ0v) is 11.5. The number of amides is 1. The van der Waals surface area contributed by atoms with Gasteiger partial charge in [-0.15, -0.1) is 0 Å². The predicted octanol–water partition coefficient (Wildman–Crippen LogP) is 2.50. The van der Waals surface area contributed by atoms with Crippen molar-refractivity contribution in [2.75, 3.05) is 11.9 Å². The molecule has 1 amide bonds. The lowest BCUT2D eigenvalue weighted by Crippen LogP contribution is -2.21. The summed E-state index contributed by atoms with van der Waals surface area (Å²) in [5, 5.41) is 12.1. The van der Waals surface area contributed by atoms with Gasteiger partial charge >= 0.3 is 5.97 Å². The van der Waals surface area contributed by atoms with Crippen LogP contribution in [0.3, 0.4) is 0 Å². The van der Waals surface area contributed by atoms with Gasteiger partial charge in [0.1, 0.15) is 11.3 Å². The van der Waals surface area contributed by atoms with Crippen molar-refractivity contribution in [1.29, 1.82) is 0 Å². The van der Waals surface area contributed by atoms with Gasteiger partial charge < -0.3 is 15.2 Å². The van der Waals surface area contributed by atoms with Crippen molar-refractivity contribution in [3.63, 3.8) is 0 Å². The highest BCUT2D eigenvalue weighted by Crippen LogP contribution is 2.16. The Morgan fingerprint density at radius 1 is 1.14 bits per heavy atom. The summed E-state index contributed by atoms with van der Waals surface area (Å²) in [7, 11) is 0. The molecule has 0 spiro atoms. The second kappa shape index (κ2) is 6.56. The Labute approximate surface area is 122 Å². The summed E-state index contributed by atoms with van der Waals surface area (Å²) in [4.78, 5) is 23.4. The molecule has 2 N–H and O–H groups in total. The molecule has 0 heterocycles. The minimum Gasteiger partial charge on any atom is -0.507 e. The van der Waals surface area contributed by atoms with Crippen LogP contribution < -0.4 is 5.32 Å². The molecule has 0 aromatic heterocycles. The molecule has 0 unspecified atom stereocenters. The first-order chi connectivity index (χ1) is 10.1. The molecule has 0 fully saturated rings. The topological polar surface area (TPSA) is 75.6 Å². The second-order valence-electron chi connectivity index (χ2n) is 4.51. The number of carbonyl (C=O) groups is 2. The molecule has 0 bridgehead atoms. The highest BCUT2D eigenvalue weighted by Gasteiger charge is 2.13. The van der Waals surface area contributed by atoms with Crippen molar-refractivity contribution < 1.29 is 19.4 Å². The quantitative estimate of drug-likeness (QED) is 0.846. The van der Waals surface area contributed by atoms with Gasteiger partial charge in [-0.05, 0) is 36.8 Å². The number of hydrogen-bond donors (Lipinski definition) is 2. The van der Waals surface area contributed by atoms with Crippen LogP contribution in [-0.4, -0.2) is 23.6 Å². The van der Waals surface area contributed by atoms with E-state index in [-0.39, 0.29) is 11.3 Å². The fraction of sp³-hybridized carbons (Fsp3) is 0.125. The number of hydrogen-bond acceptors (Lipinski definition) is 4. The minimum absolute atomic E-state index is 0.0286. The maximum atomic E-state index is 11.7. The van der Waals surface area contributed by atoms with E-state index in [2.05, 4.69) is 5.32 Å². The van der Waals surface area contributed by atoms with Crippen LogP contribution >= 0.6 is 0 Å². The maximum Gasteiger partial charge on any atom is 0.342 e. The molecule has 2 aromatic rings. The van der Waals surface area contributed by atoms with Crippen LogP contribution in [0.15, 0.2) is 48.5 Å². The number of ether oxygens (including phenoxy) is 1. The van der Waals surface area contributed by atoms with Crippen molar-refractivity contribution in [2.45, 2.75) is 6.92 Å². The summed E-state index contributed by atoms with van der Waals surface area (Å²) in [5.41, 5.74) is 1.68. The van der Waals surface area contributed by atoms with Crippen LogP contribution in [0.5, 0.6) is 5.75 Å². The Kier molecular flexibility index (Phi) is 4.56. The molecule has 0 radical (unpaired) electrons. The lowest BCUT2D eigenvalue weighted by atomic mass is 10.2. The Hall–Kier alpha value is -2.82.